The third-order valence-corrected chi connectivity index (χ3v) is 4.45. The van der Waals surface area contributed by atoms with Crippen molar-refractivity contribution in [3.63, 3.8) is 0 Å². The van der Waals surface area contributed by atoms with Gasteiger partial charge in [-0.25, -0.2) is 8.78 Å². The molecule has 19 heavy (non-hydrogen) atoms. The Morgan fingerprint density at radius 2 is 2.00 bits per heavy atom. The van der Waals surface area contributed by atoms with Crippen LogP contribution >= 0.6 is 0 Å². The van der Waals surface area contributed by atoms with Crippen LogP contribution in [0.5, 0.6) is 0 Å². The minimum absolute atomic E-state index is 0.256. The zero-order valence-electron chi connectivity index (χ0n) is 11.0. The van der Waals surface area contributed by atoms with Crippen LogP contribution in [0, 0.1) is 17.6 Å². The lowest BCUT2D eigenvalue weighted by Crippen LogP contribution is -2.38. The second-order valence-electron chi connectivity index (χ2n) is 5.67. The van der Waals surface area contributed by atoms with E-state index in [1.165, 1.54) is 31.4 Å². The molecule has 104 valence electrons. The predicted octanol–water partition coefficient (Wildman–Crippen LogP) is 3.30. The van der Waals surface area contributed by atoms with E-state index in [4.69, 9.17) is 0 Å². The van der Waals surface area contributed by atoms with E-state index in [-0.39, 0.29) is 11.9 Å². The van der Waals surface area contributed by atoms with Gasteiger partial charge in [0.05, 0.1) is 5.69 Å². The molecule has 1 saturated heterocycles. The summed E-state index contributed by atoms with van der Waals surface area (Å²) in [5.41, 5.74) is 0.301. The van der Waals surface area contributed by atoms with E-state index in [1.807, 2.05) is 0 Å². The summed E-state index contributed by atoms with van der Waals surface area (Å²) in [7, 11) is 0. The summed E-state index contributed by atoms with van der Waals surface area (Å²) in [6.07, 6.45) is 5.80. The summed E-state index contributed by atoms with van der Waals surface area (Å²) >= 11 is 0. The zero-order valence-corrected chi connectivity index (χ0v) is 11.0. The molecule has 0 aromatic heterocycles. The SMILES string of the molecule is Fc1ccc(F)c(NC2CCCC2C2CCCN2)c1. The van der Waals surface area contributed by atoms with E-state index >= 15 is 0 Å². The van der Waals surface area contributed by atoms with E-state index in [2.05, 4.69) is 10.6 Å². The molecule has 3 unspecified atom stereocenters. The Hall–Kier alpha value is -1.16. The number of rotatable bonds is 3. The molecule has 3 rings (SSSR count). The summed E-state index contributed by atoms with van der Waals surface area (Å²) in [5.74, 6) is -0.228. The highest BCUT2D eigenvalue weighted by Crippen LogP contribution is 2.34. The Kier molecular flexibility index (Phi) is 3.69. The van der Waals surface area contributed by atoms with Gasteiger partial charge < -0.3 is 10.6 Å². The molecule has 0 radical (unpaired) electrons. The number of benzene rings is 1. The highest BCUT2D eigenvalue weighted by atomic mass is 19.1. The lowest BCUT2D eigenvalue weighted by molar-refractivity contribution is 0.375. The van der Waals surface area contributed by atoms with Crippen LogP contribution in [0.1, 0.15) is 32.1 Å². The van der Waals surface area contributed by atoms with E-state index in [1.54, 1.807) is 0 Å². The van der Waals surface area contributed by atoms with Gasteiger partial charge in [0, 0.05) is 12.1 Å². The second kappa shape index (κ2) is 5.45. The van der Waals surface area contributed by atoms with Crippen molar-refractivity contribution in [2.24, 2.45) is 5.92 Å². The Morgan fingerprint density at radius 3 is 2.79 bits per heavy atom. The van der Waals surface area contributed by atoms with Crippen LogP contribution in [0.25, 0.3) is 0 Å². The van der Waals surface area contributed by atoms with Gasteiger partial charge in [-0.3, -0.25) is 0 Å². The summed E-state index contributed by atoms with van der Waals surface area (Å²) in [5, 5.41) is 6.75. The van der Waals surface area contributed by atoms with Crippen molar-refractivity contribution in [2.75, 3.05) is 11.9 Å². The fraction of sp³-hybridized carbons (Fsp3) is 0.600. The molecule has 1 saturated carbocycles. The van der Waals surface area contributed by atoms with Crippen molar-refractivity contribution in [2.45, 2.75) is 44.2 Å². The van der Waals surface area contributed by atoms with Gasteiger partial charge in [-0.05, 0) is 56.3 Å². The average Bonchev–Trinajstić information content (AvgIpc) is 3.03. The molecule has 1 aromatic carbocycles. The van der Waals surface area contributed by atoms with E-state index in [0.29, 0.717) is 17.6 Å². The third-order valence-electron chi connectivity index (χ3n) is 4.45. The molecule has 2 aliphatic rings. The number of hydrogen-bond acceptors (Lipinski definition) is 2. The molecule has 4 heteroatoms. The second-order valence-corrected chi connectivity index (χ2v) is 5.67. The molecule has 1 aliphatic heterocycles. The van der Waals surface area contributed by atoms with E-state index in [9.17, 15) is 8.78 Å². The lowest BCUT2D eigenvalue weighted by atomic mass is 9.93. The maximum absolute atomic E-state index is 13.7. The first-order chi connectivity index (χ1) is 9.24. The number of anilines is 1. The molecule has 0 spiro atoms. The molecule has 1 heterocycles. The van der Waals surface area contributed by atoms with Crippen molar-refractivity contribution >= 4 is 5.69 Å². The Bertz CT molecular complexity index is 444. The van der Waals surface area contributed by atoms with Crippen LogP contribution in [0.4, 0.5) is 14.5 Å². The van der Waals surface area contributed by atoms with Crippen LogP contribution in [0.2, 0.25) is 0 Å². The van der Waals surface area contributed by atoms with Gasteiger partial charge in [0.25, 0.3) is 0 Å². The predicted molar refractivity (Wildman–Crippen MR) is 72.1 cm³/mol. The van der Waals surface area contributed by atoms with Crippen LogP contribution in [0.15, 0.2) is 18.2 Å². The highest BCUT2D eigenvalue weighted by Gasteiger charge is 2.35. The largest absolute Gasteiger partial charge is 0.380 e. The summed E-state index contributed by atoms with van der Waals surface area (Å²) in [6.45, 7) is 1.09. The Morgan fingerprint density at radius 1 is 1.11 bits per heavy atom. The van der Waals surface area contributed by atoms with E-state index < -0.39 is 5.82 Å². The summed E-state index contributed by atoms with van der Waals surface area (Å²) in [6, 6.07) is 4.40. The molecule has 1 aromatic rings. The average molecular weight is 266 g/mol. The van der Waals surface area contributed by atoms with Crippen LogP contribution in [0.3, 0.4) is 0 Å². The van der Waals surface area contributed by atoms with Gasteiger partial charge in [0.15, 0.2) is 0 Å². The monoisotopic (exact) mass is 266 g/mol. The van der Waals surface area contributed by atoms with Crippen LogP contribution < -0.4 is 10.6 Å². The van der Waals surface area contributed by atoms with E-state index in [0.717, 1.165) is 25.5 Å². The maximum atomic E-state index is 13.7. The number of nitrogens with one attached hydrogen (secondary N) is 2. The van der Waals surface area contributed by atoms with Gasteiger partial charge in [-0.1, -0.05) is 6.42 Å². The normalized spacial score (nSPS) is 30.7. The molecule has 2 N–H and O–H groups in total. The minimum atomic E-state index is -0.391. The third kappa shape index (κ3) is 2.73. The molecule has 0 bridgehead atoms. The Labute approximate surface area is 112 Å². The van der Waals surface area contributed by atoms with Crippen molar-refractivity contribution in [1.82, 2.24) is 5.32 Å². The van der Waals surface area contributed by atoms with Crippen molar-refractivity contribution in [3.8, 4) is 0 Å². The summed E-state index contributed by atoms with van der Waals surface area (Å²) in [4.78, 5) is 0. The lowest BCUT2D eigenvalue weighted by Gasteiger charge is -2.27. The van der Waals surface area contributed by atoms with Crippen LogP contribution in [-0.2, 0) is 0 Å². The first-order valence-corrected chi connectivity index (χ1v) is 7.19. The number of hydrogen-bond donors (Lipinski definition) is 2. The zero-order chi connectivity index (χ0) is 13.2. The van der Waals surface area contributed by atoms with Crippen molar-refractivity contribution in [3.05, 3.63) is 29.8 Å². The minimum Gasteiger partial charge on any atom is -0.380 e. The first-order valence-electron chi connectivity index (χ1n) is 7.19. The molecule has 2 nitrogen and oxygen atoms in total. The molecular formula is C15H20F2N2. The quantitative estimate of drug-likeness (QED) is 0.877. The molecule has 3 atom stereocenters. The van der Waals surface area contributed by atoms with Gasteiger partial charge >= 0.3 is 0 Å². The highest BCUT2D eigenvalue weighted by molar-refractivity contribution is 5.46. The smallest absolute Gasteiger partial charge is 0.146 e. The van der Waals surface area contributed by atoms with Crippen molar-refractivity contribution in [1.29, 1.82) is 0 Å². The van der Waals surface area contributed by atoms with Gasteiger partial charge in [0.1, 0.15) is 11.6 Å². The van der Waals surface area contributed by atoms with Gasteiger partial charge in [0.2, 0.25) is 0 Å². The fourth-order valence-electron chi connectivity index (χ4n) is 3.53. The first kappa shape index (κ1) is 12.9. The fourth-order valence-corrected chi connectivity index (χ4v) is 3.53. The molecular weight excluding hydrogens is 246 g/mol. The topological polar surface area (TPSA) is 24.1 Å². The molecule has 1 aliphatic carbocycles. The Balaban J connectivity index is 1.72. The maximum Gasteiger partial charge on any atom is 0.146 e. The number of halogens is 2. The van der Waals surface area contributed by atoms with Gasteiger partial charge in [-0.15, -0.1) is 0 Å². The van der Waals surface area contributed by atoms with Gasteiger partial charge in [-0.2, -0.15) is 0 Å². The van der Waals surface area contributed by atoms with Crippen molar-refractivity contribution < 1.29 is 8.78 Å². The molecule has 2 fully saturated rings. The summed E-state index contributed by atoms with van der Waals surface area (Å²) < 4.78 is 26.9. The van der Waals surface area contributed by atoms with Crippen LogP contribution in [-0.4, -0.2) is 18.6 Å². The standard InChI is InChI=1S/C15H20F2N2/c16-10-6-7-12(17)15(9-10)19-14-4-1-3-11(14)13-5-2-8-18-13/h6-7,9,11,13-14,18-19H,1-5,8H2. The molecule has 0 amide bonds.